The molecule has 3 rings (SSSR count). The van der Waals surface area contributed by atoms with Crippen LogP contribution in [-0.2, 0) is 4.79 Å². The summed E-state index contributed by atoms with van der Waals surface area (Å²) in [6.45, 7) is 2.03. The molecule has 0 fully saturated rings. The fraction of sp³-hybridized carbons (Fsp3) is 0.227. The number of nitro groups is 1. The smallest absolute Gasteiger partial charge is 0.272 e. The van der Waals surface area contributed by atoms with Crippen LogP contribution in [0.3, 0.4) is 0 Å². The van der Waals surface area contributed by atoms with Crippen molar-refractivity contribution in [3.63, 3.8) is 0 Å². The minimum atomic E-state index is -0.429. The highest BCUT2D eigenvalue weighted by atomic mass is 32.1. The lowest BCUT2D eigenvalue weighted by Gasteiger charge is -2.06. The number of rotatable bonds is 9. The number of nitro benzene ring substituents is 1. The first-order chi connectivity index (χ1) is 15.4. The average Bonchev–Trinajstić information content (AvgIpc) is 3.25. The molecular weight excluding hydrogens is 432 g/mol. The van der Waals surface area contributed by atoms with E-state index in [-0.39, 0.29) is 23.9 Å². The van der Waals surface area contributed by atoms with E-state index in [1.54, 1.807) is 55.8 Å². The van der Waals surface area contributed by atoms with E-state index >= 15 is 0 Å². The molecule has 3 aromatic rings. The number of nitrogens with zero attached hydrogens (tertiary/aromatic N) is 2. The Morgan fingerprint density at radius 1 is 1.19 bits per heavy atom. The van der Waals surface area contributed by atoms with Gasteiger partial charge in [0.15, 0.2) is 5.13 Å². The van der Waals surface area contributed by atoms with Gasteiger partial charge < -0.3 is 15.4 Å². The fourth-order valence-electron chi connectivity index (χ4n) is 2.91. The molecule has 2 amide bonds. The standard InChI is InChI=1S/C22H22N4O5S/c1-14-5-6-16(12-19(14)26(29)30)18-13-32-22(24-18)25-20(27)4-3-11-23-21(28)15-7-9-17(31-2)10-8-15/h5-10,12-13H,3-4,11H2,1-2H3,(H,23,28)(H,24,25,27). The fourth-order valence-corrected chi connectivity index (χ4v) is 3.64. The van der Waals surface area contributed by atoms with Crippen LogP contribution in [0.5, 0.6) is 5.75 Å². The van der Waals surface area contributed by atoms with Gasteiger partial charge in [0.2, 0.25) is 5.91 Å². The molecule has 0 aliphatic carbocycles. The molecule has 9 nitrogen and oxygen atoms in total. The highest BCUT2D eigenvalue weighted by Gasteiger charge is 2.14. The quantitative estimate of drug-likeness (QED) is 0.284. The summed E-state index contributed by atoms with van der Waals surface area (Å²) in [4.78, 5) is 39.3. The molecule has 166 valence electrons. The molecule has 1 heterocycles. The number of benzene rings is 2. The lowest BCUT2D eigenvalue weighted by molar-refractivity contribution is -0.385. The van der Waals surface area contributed by atoms with Gasteiger partial charge in [-0.05, 0) is 37.6 Å². The molecule has 0 atom stereocenters. The van der Waals surface area contributed by atoms with Crippen LogP contribution in [0.15, 0.2) is 47.8 Å². The molecule has 1 aromatic heterocycles. The molecule has 2 N–H and O–H groups in total. The van der Waals surface area contributed by atoms with Gasteiger partial charge in [-0.2, -0.15) is 0 Å². The molecule has 0 bridgehead atoms. The summed E-state index contributed by atoms with van der Waals surface area (Å²) in [7, 11) is 1.56. The minimum Gasteiger partial charge on any atom is -0.497 e. The number of ether oxygens (including phenoxy) is 1. The molecule has 2 aromatic carbocycles. The minimum absolute atomic E-state index is 0.0257. The third-order valence-corrected chi connectivity index (χ3v) is 5.43. The molecule has 0 aliphatic rings. The SMILES string of the molecule is COc1ccc(C(=O)NCCCC(=O)Nc2nc(-c3ccc(C)c([N+](=O)[O-])c3)cs2)cc1. The number of aryl methyl sites for hydroxylation is 1. The van der Waals surface area contributed by atoms with Crippen LogP contribution in [0.4, 0.5) is 10.8 Å². The third-order valence-electron chi connectivity index (χ3n) is 4.67. The molecular formula is C22H22N4O5S. The zero-order valence-corrected chi connectivity index (χ0v) is 18.4. The number of carbonyl (C=O) groups is 2. The lowest BCUT2D eigenvalue weighted by atomic mass is 10.1. The largest absolute Gasteiger partial charge is 0.497 e. The predicted octanol–water partition coefficient (Wildman–Crippen LogP) is 4.18. The first-order valence-electron chi connectivity index (χ1n) is 9.80. The van der Waals surface area contributed by atoms with E-state index in [0.29, 0.717) is 46.2 Å². The van der Waals surface area contributed by atoms with Crippen molar-refractivity contribution in [3.05, 3.63) is 69.1 Å². The maximum Gasteiger partial charge on any atom is 0.272 e. The van der Waals surface area contributed by atoms with E-state index in [4.69, 9.17) is 4.74 Å². The van der Waals surface area contributed by atoms with Crippen molar-refractivity contribution < 1.29 is 19.2 Å². The number of amides is 2. The second-order valence-electron chi connectivity index (χ2n) is 6.93. The number of methoxy groups -OCH3 is 1. The summed E-state index contributed by atoms with van der Waals surface area (Å²) in [5.74, 6) is 0.230. The first kappa shape index (κ1) is 22.9. The summed E-state index contributed by atoms with van der Waals surface area (Å²) >= 11 is 1.24. The van der Waals surface area contributed by atoms with Crippen molar-refractivity contribution in [3.8, 4) is 17.0 Å². The van der Waals surface area contributed by atoms with Crippen molar-refractivity contribution in [1.29, 1.82) is 0 Å². The maximum absolute atomic E-state index is 12.2. The van der Waals surface area contributed by atoms with E-state index in [1.807, 2.05) is 0 Å². The van der Waals surface area contributed by atoms with Gasteiger partial charge in [-0.25, -0.2) is 4.98 Å². The van der Waals surface area contributed by atoms with Gasteiger partial charge in [0.1, 0.15) is 5.75 Å². The lowest BCUT2D eigenvalue weighted by Crippen LogP contribution is -2.25. The second-order valence-corrected chi connectivity index (χ2v) is 7.79. The van der Waals surface area contributed by atoms with Crippen LogP contribution in [0.2, 0.25) is 0 Å². The van der Waals surface area contributed by atoms with E-state index in [9.17, 15) is 19.7 Å². The van der Waals surface area contributed by atoms with Crippen molar-refractivity contribution in [2.24, 2.45) is 0 Å². The van der Waals surface area contributed by atoms with Gasteiger partial charge in [-0.3, -0.25) is 19.7 Å². The molecule has 0 saturated heterocycles. The van der Waals surface area contributed by atoms with Crippen LogP contribution < -0.4 is 15.4 Å². The number of nitrogens with one attached hydrogen (secondary N) is 2. The number of carbonyl (C=O) groups excluding carboxylic acids is 2. The Hall–Kier alpha value is -3.79. The Morgan fingerprint density at radius 2 is 1.94 bits per heavy atom. The zero-order valence-electron chi connectivity index (χ0n) is 17.6. The Kier molecular flexibility index (Phi) is 7.50. The number of hydrogen-bond acceptors (Lipinski definition) is 7. The van der Waals surface area contributed by atoms with Crippen molar-refractivity contribution in [2.45, 2.75) is 19.8 Å². The van der Waals surface area contributed by atoms with Crippen molar-refractivity contribution >= 4 is 34.0 Å². The van der Waals surface area contributed by atoms with Crippen LogP contribution in [-0.4, -0.2) is 35.4 Å². The summed E-state index contributed by atoms with van der Waals surface area (Å²) in [5.41, 5.74) is 2.28. The van der Waals surface area contributed by atoms with E-state index < -0.39 is 4.92 Å². The monoisotopic (exact) mass is 454 g/mol. The van der Waals surface area contributed by atoms with Crippen LogP contribution in [0.1, 0.15) is 28.8 Å². The van der Waals surface area contributed by atoms with Crippen LogP contribution in [0, 0.1) is 17.0 Å². The topological polar surface area (TPSA) is 123 Å². The second kappa shape index (κ2) is 10.5. The molecule has 0 radical (unpaired) electrons. The molecule has 0 saturated carbocycles. The summed E-state index contributed by atoms with van der Waals surface area (Å²) in [6, 6.07) is 11.7. The Bertz CT molecular complexity index is 1130. The molecule has 10 heteroatoms. The number of anilines is 1. The number of hydrogen-bond donors (Lipinski definition) is 2. The van der Waals surface area contributed by atoms with E-state index in [0.717, 1.165) is 0 Å². The maximum atomic E-state index is 12.2. The Labute approximate surface area is 188 Å². The van der Waals surface area contributed by atoms with Crippen LogP contribution in [0.25, 0.3) is 11.3 Å². The Morgan fingerprint density at radius 3 is 2.62 bits per heavy atom. The highest BCUT2D eigenvalue weighted by Crippen LogP contribution is 2.29. The van der Waals surface area contributed by atoms with Gasteiger partial charge in [0.05, 0.1) is 17.7 Å². The third kappa shape index (κ3) is 5.88. The number of thiazole rings is 1. The molecule has 0 aliphatic heterocycles. The summed E-state index contributed by atoms with van der Waals surface area (Å²) < 4.78 is 5.06. The normalized spacial score (nSPS) is 10.4. The highest BCUT2D eigenvalue weighted by molar-refractivity contribution is 7.14. The average molecular weight is 455 g/mol. The van der Waals surface area contributed by atoms with Gasteiger partial charge in [-0.15, -0.1) is 11.3 Å². The van der Waals surface area contributed by atoms with Crippen molar-refractivity contribution in [2.75, 3.05) is 19.0 Å². The van der Waals surface area contributed by atoms with Gasteiger partial charge in [-0.1, -0.05) is 12.1 Å². The molecule has 32 heavy (non-hydrogen) atoms. The predicted molar refractivity (Wildman–Crippen MR) is 122 cm³/mol. The zero-order chi connectivity index (χ0) is 23.1. The summed E-state index contributed by atoms with van der Waals surface area (Å²) in [5, 5.41) is 18.8. The van der Waals surface area contributed by atoms with Gasteiger partial charge in [0.25, 0.3) is 11.6 Å². The Balaban J connectivity index is 1.47. The van der Waals surface area contributed by atoms with Crippen molar-refractivity contribution in [1.82, 2.24) is 10.3 Å². The summed E-state index contributed by atoms with van der Waals surface area (Å²) in [6.07, 6.45) is 0.684. The van der Waals surface area contributed by atoms with Gasteiger partial charge >= 0.3 is 0 Å². The molecule has 0 unspecified atom stereocenters. The molecule has 0 spiro atoms. The first-order valence-corrected chi connectivity index (χ1v) is 10.7. The number of aromatic nitrogens is 1. The van der Waals surface area contributed by atoms with Gasteiger partial charge in [0, 0.05) is 41.1 Å². The van der Waals surface area contributed by atoms with E-state index in [1.165, 1.54) is 17.4 Å². The van der Waals surface area contributed by atoms with Crippen LogP contribution >= 0.6 is 11.3 Å². The van der Waals surface area contributed by atoms with E-state index in [2.05, 4.69) is 15.6 Å².